The molecule has 32 heavy (non-hydrogen) atoms. The molecule has 2 saturated heterocycles. The van der Waals surface area contributed by atoms with Crippen LogP contribution in [-0.2, 0) is 11.2 Å². The van der Waals surface area contributed by atoms with Crippen molar-refractivity contribution in [3.8, 4) is 0 Å². The van der Waals surface area contributed by atoms with Gasteiger partial charge in [-0.25, -0.2) is 9.97 Å². The van der Waals surface area contributed by atoms with Crippen molar-refractivity contribution in [3.05, 3.63) is 41.3 Å². The van der Waals surface area contributed by atoms with Gasteiger partial charge in [-0.1, -0.05) is 18.5 Å². The van der Waals surface area contributed by atoms with E-state index in [1.165, 1.54) is 11.8 Å². The molecule has 2 N–H and O–H groups in total. The van der Waals surface area contributed by atoms with E-state index < -0.39 is 0 Å². The molecule has 164 valence electrons. The van der Waals surface area contributed by atoms with Crippen LogP contribution in [0.1, 0.15) is 12.6 Å². The normalized spacial score (nSPS) is 20.9. The lowest BCUT2D eigenvalue weighted by Crippen LogP contribution is -2.47. The van der Waals surface area contributed by atoms with Gasteiger partial charge in [0.15, 0.2) is 5.16 Å². The first-order valence-corrected chi connectivity index (χ1v) is 12.0. The maximum atomic E-state index is 6.76. The number of H-pyrrole nitrogens is 1. The van der Waals surface area contributed by atoms with Gasteiger partial charge in [-0.2, -0.15) is 0 Å². The van der Waals surface area contributed by atoms with Gasteiger partial charge in [-0.3, -0.25) is 9.97 Å². The van der Waals surface area contributed by atoms with Crippen molar-refractivity contribution < 1.29 is 4.74 Å². The lowest BCUT2D eigenvalue weighted by atomic mass is 10.2. The average molecular weight is 468 g/mol. The molecule has 0 saturated carbocycles. The Bertz CT molecular complexity index is 1300. The summed E-state index contributed by atoms with van der Waals surface area (Å²) in [7, 11) is 0. The van der Waals surface area contributed by atoms with Crippen LogP contribution in [0.4, 0.5) is 5.82 Å². The van der Waals surface area contributed by atoms with Gasteiger partial charge >= 0.3 is 0 Å². The SMILES string of the molecule is CCc1[nH]c2nc(Sc3cnc4cccnc4c3)nc(N3C[C@@H]4NCCO[C@H]4C3)c2c1Cl. The Morgan fingerprint density at radius 3 is 3.06 bits per heavy atom. The fourth-order valence-electron chi connectivity index (χ4n) is 4.45. The number of aryl methyl sites for hydroxylation is 1. The molecule has 4 aromatic rings. The summed E-state index contributed by atoms with van der Waals surface area (Å²) in [6.45, 7) is 5.30. The number of ether oxygens (including phenoxy) is 1. The highest BCUT2D eigenvalue weighted by Gasteiger charge is 2.37. The minimum Gasteiger partial charge on any atom is -0.373 e. The number of hydrogen-bond donors (Lipinski definition) is 2. The molecule has 2 aliphatic heterocycles. The molecule has 2 fully saturated rings. The van der Waals surface area contributed by atoms with E-state index in [-0.39, 0.29) is 6.10 Å². The molecule has 0 bridgehead atoms. The van der Waals surface area contributed by atoms with Gasteiger partial charge in [0.2, 0.25) is 0 Å². The topological polar surface area (TPSA) is 91.8 Å². The van der Waals surface area contributed by atoms with Gasteiger partial charge < -0.3 is 19.9 Å². The summed E-state index contributed by atoms with van der Waals surface area (Å²) < 4.78 is 5.98. The Hall–Kier alpha value is -2.46. The van der Waals surface area contributed by atoms with Crippen molar-refractivity contribution >= 4 is 51.2 Å². The zero-order chi connectivity index (χ0) is 21.7. The molecule has 2 aliphatic rings. The first-order valence-electron chi connectivity index (χ1n) is 10.8. The molecule has 10 heteroatoms. The van der Waals surface area contributed by atoms with Crippen LogP contribution in [0.25, 0.3) is 22.1 Å². The first kappa shape index (κ1) is 20.2. The van der Waals surface area contributed by atoms with Crippen LogP contribution < -0.4 is 10.2 Å². The van der Waals surface area contributed by atoms with Gasteiger partial charge in [0.25, 0.3) is 0 Å². The Labute approximate surface area is 194 Å². The maximum Gasteiger partial charge on any atom is 0.196 e. The summed E-state index contributed by atoms with van der Waals surface area (Å²) in [4.78, 5) is 25.3. The predicted octanol–water partition coefficient (Wildman–Crippen LogP) is 3.45. The zero-order valence-corrected chi connectivity index (χ0v) is 19.1. The largest absolute Gasteiger partial charge is 0.373 e. The summed E-state index contributed by atoms with van der Waals surface area (Å²) >= 11 is 8.24. The number of rotatable bonds is 4. The highest BCUT2D eigenvalue weighted by atomic mass is 35.5. The molecule has 2 atom stereocenters. The molecule has 0 radical (unpaired) electrons. The molecule has 0 unspecified atom stereocenters. The van der Waals surface area contributed by atoms with E-state index in [1.807, 2.05) is 24.4 Å². The Balaban J connectivity index is 1.41. The fourth-order valence-corrected chi connectivity index (χ4v) is 5.56. The Morgan fingerprint density at radius 1 is 1.25 bits per heavy atom. The number of nitrogens with one attached hydrogen (secondary N) is 2. The molecular weight excluding hydrogens is 446 g/mol. The number of hydrogen-bond acceptors (Lipinski definition) is 8. The van der Waals surface area contributed by atoms with E-state index in [0.717, 1.165) is 71.1 Å². The van der Waals surface area contributed by atoms with Crippen LogP contribution in [-0.4, -0.2) is 63.3 Å². The first-order chi connectivity index (χ1) is 15.7. The summed E-state index contributed by atoms with van der Waals surface area (Å²) in [5, 5.41) is 5.79. The fraction of sp³-hybridized carbons (Fsp3) is 0.364. The van der Waals surface area contributed by atoms with E-state index in [2.05, 4.69) is 32.1 Å². The van der Waals surface area contributed by atoms with E-state index in [1.54, 1.807) is 6.20 Å². The molecule has 0 amide bonds. The maximum absolute atomic E-state index is 6.76. The predicted molar refractivity (Wildman–Crippen MR) is 126 cm³/mol. The number of nitrogens with zero attached hydrogens (tertiary/aromatic N) is 5. The molecule has 0 aliphatic carbocycles. The van der Waals surface area contributed by atoms with Crippen molar-refractivity contribution in [2.24, 2.45) is 0 Å². The van der Waals surface area contributed by atoms with Crippen molar-refractivity contribution in [2.75, 3.05) is 31.1 Å². The number of halogens is 1. The zero-order valence-electron chi connectivity index (χ0n) is 17.5. The van der Waals surface area contributed by atoms with Crippen LogP contribution in [0.3, 0.4) is 0 Å². The molecule has 0 aromatic carbocycles. The second kappa shape index (κ2) is 8.15. The van der Waals surface area contributed by atoms with E-state index in [9.17, 15) is 0 Å². The number of pyridine rings is 2. The van der Waals surface area contributed by atoms with Gasteiger partial charge in [-0.05, 0) is 36.4 Å². The molecule has 0 spiro atoms. The van der Waals surface area contributed by atoms with Crippen molar-refractivity contribution in [1.29, 1.82) is 0 Å². The summed E-state index contributed by atoms with van der Waals surface area (Å²) in [6.07, 6.45) is 4.56. The number of fused-ring (bicyclic) bond motifs is 3. The van der Waals surface area contributed by atoms with E-state index >= 15 is 0 Å². The Kier molecular flexibility index (Phi) is 5.14. The third kappa shape index (κ3) is 3.49. The number of anilines is 1. The van der Waals surface area contributed by atoms with Gasteiger partial charge in [-0.15, -0.1) is 0 Å². The monoisotopic (exact) mass is 467 g/mol. The van der Waals surface area contributed by atoms with Gasteiger partial charge in [0, 0.05) is 42.6 Å². The molecule has 4 aromatic heterocycles. The average Bonchev–Trinajstić information content (AvgIpc) is 3.39. The van der Waals surface area contributed by atoms with Crippen LogP contribution in [0.5, 0.6) is 0 Å². The Morgan fingerprint density at radius 2 is 2.19 bits per heavy atom. The van der Waals surface area contributed by atoms with E-state index in [0.29, 0.717) is 16.2 Å². The van der Waals surface area contributed by atoms with Crippen molar-refractivity contribution in [3.63, 3.8) is 0 Å². The quantitative estimate of drug-likeness (QED) is 0.441. The van der Waals surface area contributed by atoms with Crippen LogP contribution in [0.2, 0.25) is 5.02 Å². The van der Waals surface area contributed by atoms with Gasteiger partial charge in [0.05, 0.1) is 40.2 Å². The third-order valence-corrected chi connectivity index (χ3v) is 7.26. The van der Waals surface area contributed by atoms with Crippen LogP contribution in [0.15, 0.2) is 40.6 Å². The van der Waals surface area contributed by atoms with Gasteiger partial charge in [0.1, 0.15) is 11.5 Å². The minimum atomic E-state index is 0.156. The lowest BCUT2D eigenvalue weighted by Gasteiger charge is -2.25. The lowest BCUT2D eigenvalue weighted by molar-refractivity contribution is 0.0212. The molecule has 8 nitrogen and oxygen atoms in total. The molecule has 6 heterocycles. The molecular formula is C22H22ClN7OS. The van der Waals surface area contributed by atoms with E-state index in [4.69, 9.17) is 26.3 Å². The highest BCUT2D eigenvalue weighted by molar-refractivity contribution is 7.99. The smallest absolute Gasteiger partial charge is 0.196 e. The summed E-state index contributed by atoms with van der Waals surface area (Å²) in [5.74, 6) is 0.852. The summed E-state index contributed by atoms with van der Waals surface area (Å²) in [5.41, 5.74) is 3.45. The molecule has 6 rings (SSSR count). The second-order valence-corrected chi connectivity index (χ2v) is 9.43. The minimum absolute atomic E-state index is 0.156. The number of aromatic amines is 1. The highest BCUT2D eigenvalue weighted by Crippen LogP contribution is 2.38. The number of morpholine rings is 1. The standard InChI is InChI=1S/C22H22ClN7OS/c1-2-13-19(23)18-20(27-13)28-22(32-12-8-15-14(26-9-12)4-3-5-24-15)29-21(18)30-10-16-17(11-30)31-7-6-25-16/h3-5,8-9,16-17,25H,2,6-7,10-11H2,1H3,(H,27,28,29)/t16-,17-/m0/s1. The summed E-state index contributed by atoms with van der Waals surface area (Å²) in [6, 6.07) is 6.15. The second-order valence-electron chi connectivity index (χ2n) is 8.01. The van der Waals surface area contributed by atoms with Crippen LogP contribution in [0, 0.1) is 0 Å². The number of aromatic nitrogens is 5. The third-order valence-electron chi connectivity index (χ3n) is 6.02. The van der Waals surface area contributed by atoms with Crippen molar-refractivity contribution in [2.45, 2.75) is 35.5 Å². The van der Waals surface area contributed by atoms with Crippen LogP contribution >= 0.6 is 23.4 Å². The van der Waals surface area contributed by atoms with Crippen molar-refractivity contribution in [1.82, 2.24) is 30.2 Å².